The van der Waals surface area contributed by atoms with Crippen molar-refractivity contribution in [2.45, 2.75) is 117 Å². The van der Waals surface area contributed by atoms with Gasteiger partial charge in [-0.3, -0.25) is 9.59 Å². The predicted molar refractivity (Wildman–Crippen MR) is 128 cm³/mol. The fourth-order valence-electron chi connectivity index (χ4n) is 3.74. The molecule has 38 heavy (non-hydrogen) atoms. The summed E-state index contributed by atoms with van der Waals surface area (Å²) in [4.78, 5) is 26.0. The highest BCUT2D eigenvalue weighted by atomic mass is 19.4. The average Bonchev–Trinajstić information content (AvgIpc) is 2.73. The lowest BCUT2D eigenvalue weighted by Crippen LogP contribution is -2.58. The van der Waals surface area contributed by atoms with Gasteiger partial charge in [-0.05, 0) is 66.7 Å². The molecule has 0 aliphatic carbocycles. The van der Waals surface area contributed by atoms with Crippen LogP contribution in [0.2, 0.25) is 0 Å². The summed E-state index contributed by atoms with van der Waals surface area (Å²) in [6, 6.07) is 0. The summed E-state index contributed by atoms with van der Waals surface area (Å²) in [5.41, 5.74) is -7.51. The highest BCUT2D eigenvalue weighted by Gasteiger charge is 2.58. The Morgan fingerprint density at radius 1 is 0.921 bits per heavy atom. The van der Waals surface area contributed by atoms with Crippen molar-refractivity contribution in [3.05, 3.63) is 0 Å². The zero-order valence-corrected chi connectivity index (χ0v) is 23.6. The van der Waals surface area contributed by atoms with Crippen molar-refractivity contribution in [2.24, 2.45) is 16.7 Å². The van der Waals surface area contributed by atoms with Crippen LogP contribution in [-0.2, 0) is 19.1 Å². The standard InChI is InChI=1S/C25H43F6NO6/c1-10-22(8,12-20(4,5)18(34)37-14-21(6,7)32-13-24(26,27)28)19(35)38-16(11-15(2)3)17(33)23(9,36)25(29,30)31/h15-17,32-33,36H,10-14H2,1-9H3. The Morgan fingerprint density at radius 3 is 1.82 bits per heavy atom. The smallest absolute Gasteiger partial charge is 0.419 e. The Kier molecular flexibility index (Phi) is 12.2. The fraction of sp³-hybridized carbons (Fsp3) is 0.920. The molecule has 0 amide bonds. The van der Waals surface area contributed by atoms with Crippen LogP contribution < -0.4 is 5.32 Å². The molecule has 0 rings (SSSR count). The minimum absolute atomic E-state index is 0.0985. The molecule has 4 unspecified atom stereocenters. The number of nitrogens with one attached hydrogen (secondary N) is 1. The molecule has 13 heteroatoms. The fourth-order valence-corrected chi connectivity index (χ4v) is 3.74. The van der Waals surface area contributed by atoms with Crippen LogP contribution in [0, 0.1) is 16.7 Å². The lowest BCUT2D eigenvalue weighted by Gasteiger charge is -2.39. The third kappa shape index (κ3) is 10.9. The van der Waals surface area contributed by atoms with Gasteiger partial charge >= 0.3 is 24.3 Å². The number of aliphatic hydroxyl groups is 2. The van der Waals surface area contributed by atoms with E-state index >= 15 is 0 Å². The summed E-state index contributed by atoms with van der Waals surface area (Å²) in [6.07, 6.45) is -14.1. The van der Waals surface area contributed by atoms with Crippen molar-refractivity contribution in [3.8, 4) is 0 Å². The van der Waals surface area contributed by atoms with Gasteiger partial charge in [-0.25, -0.2) is 0 Å². The number of hydrogen-bond acceptors (Lipinski definition) is 7. The Labute approximate surface area is 220 Å². The lowest BCUT2D eigenvalue weighted by atomic mass is 9.72. The van der Waals surface area contributed by atoms with E-state index in [-0.39, 0.29) is 25.2 Å². The third-order valence-corrected chi connectivity index (χ3v) is 6.45. The van der Waals surface area contributed by atoms with Gasteiger partial charge in [0, 0.05) is 5.54 Å². The SMILES string of the molecule is CCC(C)(CC(C)(C)C(=O)OCC(C)(C)NCC(F)(F)F)C(=O)OC(CC(C)C)C(O)C(C)(O)C(F)(F)F. The summed E-state index contributed by atoms with van der Waals surface area (Å²) in [7, 11) is 0. The molecule has 0 aromatic heterocycles. The number of alkyl halides is 6. The van der Waals surface area contributed by atoms with Crippen molar-refractivity contribution < 1.29 is 55.6 Å². The van der Waals surface area contributed by atoms with Gasteiger partial charge in [0.15, 0.2) is 5.60 Å². The van der Waals surface area contributed by atoms with Gasteiger partial charge in [-0.15, -0.1) is 0 Å². The number of hydrogen-bond donors (Lipinski definition) is 3. The van der Waals surface area contributed by atoms with Crippen LogP contribution in [0.3, 0.4) is 0 Å². The topological polar surface area (TPSA) is 105 Å². The summed E-state index contributed by atoms with van der Waals surface area (Å²) in [5.74, 6) is -2.08. The van der Waals surface area contributed by atoms with Crippen molar-refractivity contribution in [1.29, 1.82) is 0 Å². The van der Waals surface area contributed by atoms with Crippen molar-refractivity contribution in [3.63, 3.8) is 0 Å². The highest BCUT2D eigenvalue weighted by molar-refractivity contribution is 5.80. The van der Waals surface area contributed by atoms with Gasteiger partial charge in [-0.1, -0.05) is 20.8 Å². The molecule has 0 bridgehead atoms. The minimum atomic E-state index is -5.20. The van der Waals surface area contributed by atoms with Crippen LogP contribution in [0.1, 0.15) is 81.6 Å². The molecular weight excluding hydrogens is 524 g/mol. The molecule has 0 spiro atoms. The molecule has 0 aromatic rings. The first-order valence-corrected chi connectivity index (χ1v) is 12.4. The molecule has 0 aliphatic heterocycles. The first kappa shape index (κ1) is 36.4. The number of rotatable bonds is 14. The Morgan fingerprint density at radius 2 is 1.42 bits per heavy atom. The molecule has 0 saturated carbocycles. The second kappa shape index (κ2) is 12.7. The second-order valence-corrected chi connectivity index (χ2v) is 12.1. The lowest BCUT2D eigenvalue weighted by molar-refractivity contribution is -0.295. The molecule has 226 valence electrons. The maximum Gasteiger partial charge on any atom is 0.419 e. The summed E-state index contributed by atoms with van der Waals surface area (Å²) in [5, 5.41) is 22.6. The second-order valence-electron chi connectivity index (χ2n) is 12.1. The quantitative estimate of drug-likeness (QED) is 0.202. The van der Waals surface area contributed by atoms with Gasteiger partial charge in [0.1, 0.15) is 18.8 Å². The Bertz CT molecular complexity index is 794. The maximum atomic E-state index is 13.3. The summed E-state index contributed by atoms with van der Waals surface area (Å²) < 4.78 is 88.1. The van der Waals surface area contributed by atoms with E-state index in [0.29, 0.717) is 6.92 Å². The zero-order chi connectivity index (χ0) is 30.5. The van der Waals surface area contributed by atoms with Crippen LogP contribution >= 0.6 is 0 Å². The van der Waals surface area contributed by atoms with Gasteiger partial charge < -0.3 is 25.0 Å². The van der Waals surface area contributed by atoms with E-state index in [1.807, 2.05) is 0 Å². The predicted octanol–water partition coefficient (Wildman–Crippen LogP) is 4.92. The number of esters is 2. The molecule has 0 heterocycles. The van der Waals surface area contributed by atoms with Gasteiger partial charge in [0.2, 0.25) is 0 Å². The van der Waals surface area contributed by atoms with Crippen molar-refractivity contribution in [1.82, 2.24) is 5.32 Å². The number of ether oxygens (including phenoxy) is 2. The van der Waals surface area contributed by atoms with E-state index in [9.17, 15) is 46.1 Å². The van der Waals surface area contributed by atoms with Crippen LogP contribution in [0.15, 0.2) is 0 Å². The zero-order valence-electron chi connectivity index (χ0n) is 23.6. The van der Waals surface area contributed by atoms with E-state index in [1.165, 1.54) is 34.6 Å². The van der Waals surface area contributed by atoms with Gasteiger partial charge in [-0.2, -0.15) is 26.3 Å². The van der Waals surface area contributed by atoms with E-state index in [4.69, 9.17) is 9.47 Å². The Balaban J connectivity index is 5.66. The van der Waals surface area contributed by atoms with Crippen LogP contribution in [-0.4, -0.2) is 71.0 Å². The van der Waals surface area contributed by atoms with Gasteiger partial charge in [0.05, 0.1) is 17.4 Å². The summed E-state index contributed by atoms with van der Waals surface area (Å²) in [6.45, 7) is 10.8. The molecule has 3 N–H and O–H groups in total. The number of halogens is 6. The molecule has 0 fully saturated rings. The number of carbonyl (C=O) groups excluding carboxylic acids is 2. The largest absolute Gasteiger partial charge is 0.463 e. The first-order chi connectivity index (χ1) is 16.7. The normalized spacial score (nSPS) is 18.4. The van der Waals surface area contributed by atoms with Gasteiger partial charge in [0.25, 0.3) is 0 Å². The van der Waals surface area contributed by atoms with E-state index in [1.54, 1.807) is 20.8 Å². The highest BCUT2D eigenvalue weighted by Crippen LogP contribution is 2.41. The van der Waals surface area contributed by atoms with Crippen LogP contribution in [0.4, 0.5) is 26.3 Å². The monoisotopic (exact) mass is 567 g/mol. The molecule has 0 aliphatic rings. The van der Waals surface area contributed by atoms with Crippen molar-refractivity contribution in [2.75, 3.05) is 13.2 Å². The number of aliphatic hydroxyl groups excluding tert-OH is 1. The first-order valence-electron chi connectivity index (χ1n) is 12.4. The summed E-state index contributed by atoms with van der Waals surface area (Å²) >= 11 is 0. The van der Waals surface area contributed by atoms with Crippen LogP contribution in [0.5, 0.6) is 0 Å². The van der Waals surface area contributed by atoms with Crippen LogP contribution in [0.25, 0.3) is 0 Å². The van der Waals surface area contributed by atoms with Crippen molar-refractivity contribution >= 4 is 11.9 Å². The third-order valence-electron chi connectivity index (χ3n) is 6.45. The molecule has 0 aromatic carbocycles. The number of carbonyl (C=O) groups is 2. The molecule has 4 atom stereocenters. The molecule has 0 radical (unpaired) electrons. The molecular formula is C25H43F6NO6. The average molecular weight is 568 g/mol. The Hall–Kier alpha value is -1.60. The molecule has 0 saturated heterocycles. The van der Waals surface area contributed by atoms with E-state index in [2.05, 4.69) is 5.32 Å². The minimum Gasteiger partial charge on any atom is -0.463 e. The molecule has 7 nitrogen and oxygen atoms in total. The van der Waals surface area contributed by atoms with E-state index < -0.39 is 71.6 Å². The maximum absolute atomic E-state index is 13.3. The van der Waals surface area contributed by atoms with E-state index in [0.717, 1.165) is 0 Å².